The number of hydrogen-bond donors (Lipinski definition) is 1. The molecule has 0 saturated carbocycles. The Morgan fingerprint density at radius 2 is 1.75 bits per heavy atom. The van der Waals surface area contributed by atoms with E-state index in [1.165, 1.54) is 24.4 Å². The zero-order chi connectivity index (χ0) is 19.9. The number of nitrogens with one attached hydrogen (secondary N) is 1. The number of ether oxygens (including phenoxy) is 1. The van der Waals surface area contributed by atoms with Crippen molar-refractivity contribution in [2.75, 3.05) is 0 Å². The molecule has 0 aromatic heterocycles. The van der Waals surface area contributed by atoms with Gasteiger partial charge < -0.3 is 4.74 Å². The highest BCUT2D eigenvalue weighted by molar-refractivity contribution is 6.30. The molecular weight excluding hydrogens is 383 g/mol. The first-order valence-electron chi connectivity index (χ1n) is 8.19. The SMILES string of the molecule is O=C(Oc1cccc(/C=N\NC(=O)c2ccccc2F)c1)c1ccc(Cl)cc1. The highest BCUT2D eigenvalue weighted by Crippen LogP contribution is 2.16. The van der Waals surface area contributed by atoms with E-state index in [0.717, 1.165) is 0 Å². The molecule has 140 valence electrons. The monoisotopic (exact) mass is 396 g/mol. The molecule has 3 rings (SSSR count). The molecule has 0 unspecified atom stereocenters. The van der Waals surface area contributed by atoms with E-state index < -0.39 is 17.7 Å². The number of carbonyl (C=O) groups excluding carboxylic acids is 2. The standard InChI is InChI=1S/C21H14ClFN2O3/c22-16-10-8-15(9-11-16)21(27)28-17-5-3-4-14(12-17)13-24-25-20(26)18-6-1-2-7-19(18)23/h1-13H,(H,25,26)/b24-13-. The van der Waals surface area contributed by atoms with Crippen LogP contribution in [0.3, 0.4) is 0 Å². The molecule has 1 N–H and O–H groups in total. The maximum absolute atomic E-state index is 13.6. The lowest BCUT2D eigenvalue weighted by Gasteiger charge is -2.05. The van der Waals surface area contributed by atoms with Gasteiger partial charge in [-0.3, -0.25) is 4.79 Å². The summed E-state index contributed by atoms with van der Waals surface area (Å²) in [7, 11) is 0. The zero-order valence-electron chi connectivity index (χ0n) is 14.4. The maximum Gasteiger partial charge on any atom is 0.343 e. The van der Waals surface area contributed by atoms with Crippen LogP contribution in [0, 0.1) is 5.82 Å². The molecule has 3 aromatic carbocycles. The van der Waals surface area contributed by atoms with Crippen molar-refractivity contribution in [2.45, 2.75) is 0 Å². The van der Waals surface area contributed by atoms with Crippen molar-refractivity contribution in [3.63, 3.8) is 0 Å². The molecule has 28 heavy (non-hydrogen) atoms. The number of nitrogens with zero attached hydrogens (tertiary/aromatic N) is 1. The molecule has 7 heteroatoms. The number of esters is 1. The smallest absolute Gasteiger partial charge is 0.343 e. The van der Waals surface area contributed by atoms with Gasteiger partial charge in [-0.15, -0.1) is 0 Å². The van der Waals surface area contributed by atoms with Gasteiger partial charge in [-0.05, 0) is 54.1 Å². The predicted molar refractivity (Wildman–Crippen MR) is 104 cm³/mol. The lowest BCUT2D eigenvalue weighted by atomic mass is 10.2. The molecule has 0 aliphatic rings. The van der Waals surface area contributed by atoms with Crippen LogP contribution >= 0.6 is 11.6 Å². The van der Waals surface area contributed by atoms with Crippen molar-refractivity contribution < 1.29 is 18.7 Å². The Morgan fingerprint density at radius 1 is 1.00 bits per heavy atom. The van der Waals surface area contributed by atoms with E-state index in [-0.39, 0.29) is 5.56 Å². The van der Waals surface area contributed by atoms with Gasteiger partial charge in [0.15, 0.2) is 0 Å². The summed E-state index contributed by atoms with van der Waals surface area (Å²) >= 11 is 5.80. The van der Waals surface area contributed by atoms with Crippen LogP contribution in [-0.4, -0.2) is 18.1 Å². The van der Waals surface area contributed by atoms with Crippen molar-refractivity contribution in [1.82, 2.24) is 5.43 Å². The van der Waals surface area contributed by atoms with Crippen LogP contribution in [0.2, 0.25) is 5.02 Å². The molecule has 1 amide bonds. The number of benzene rings is 3. The van der Waals surface area contributed by atoms with E-state index in [4.69, 9.17) is 16.3 Å². The van der Waals surface area contributed by atoms with Crippen LogP contribution in [0.25, 0.3) is 0 Å². The van der Waals surface area contributed by atoms with Gasteiger partial charge >= 0.3 is 5.97 Å². The number of halogens is 2. The topological polar surface area (TPSA) is 67.8 Å². The van der Waals surface area contributed by atoms with Crippen LogP contribution in [-0.2, 0) is 0 Å². The summed E-state index contributed by atoms with van der Waals surface area (Å²) in [4.78, 5) is 24.0. The van der Waals surface area contributed by atoms with Crippen LogP contribution in [0.1, 0.15) is 26.3 Å². The largest absolute Gasteiger partial charge is 0.423 e. The van der Waals surface area contributed by atoms with Crippen LogP contribution in [0.15, 0.2) is 77.9 Å². The molecule has 3 aromatic rings. The highest BCUT2D eigenvalue weighted by Gasteiger charge is 2.10. The first kappa shape index (κ1) is 19.3. The fourth-order valence-corrected chi connectivity index (χ4v) is 2.41. The predicted octanol–water partition coefficient (Wildman–Crippen LogP) is 4.46. The minimum absolute atomic E-state index is 0.106. The van der Waals surface area contributed by atoms with E-state index in [1.54, 1.807) is 54.6 Å². The van der Waals surface area contributed by atoms with Crippen LogP contribution < -0.4 is 10.2 Å². The van der Waals surface area contributed by atoms with E-state index >= 15 is 0 Å². The average Bonchev–Trinajstić information content (AvgIpc) is 2.69. The second kappa shape index (κ2) is 8.92. The zero-order valence-corrected chi connectivity index (χ0v) is 15.2. The Balaban J connectivity index is 1.63. The van der Waals surface area contributed by atoms with E-state index in [9.17, 15) is 14.0 Å². The third-order valence-electron chi connectivity index (χ3n) is 3.65. The normalized spacial score (nSPS) is 10.6. The van der Waals surface area contributed by atoms with Crippen molar-refractivity contribution in [1.29, 1.82) is 0 Å². The molecule has 0 saturated heterocycles. The van der Waals surface area contributed by atoms with Crippen LogP contribution in [0.5, 0.6) is 5.75 Å². The molecular formula is C21H14ClFN2O3. The number of amides is 1. The van der Waals surface area contributed by atoms with Crippen molar-refractivity contribution in [3.05, 3.63) is 100 Å². The number of hydrogen-bond acceptors (Lipinski definition) is 4. The third-order valence-corrected chi connectivity index (χ3v) is 3.90. The Kier molecular flexibility index (Phi) is 6.14. The van der Waals surface area contributed by atoms with Gasteiger partial charge in [-0.25, -0.2) is 14.6 Å². The van der Waals surface area contributed by atoms with Gasteiger partial charge in [0.2, 0.25) is 0 Å². The Bertz CT molecular complexity index is 1040. The molecule has 0 spiro atoms. The van der Waals surface area contributed by atoms with Crippen molar-refractivity contribution in [2.24, 2.45) is 5.10 Å². The lowest BCUT2D eigenvalue weighted by molar-refractivity contribution is 0.0734. The lowest BCUT2D eigenvalue weighted by Crippen LogP contribution is -2.18. The van der Waals surface area contributed by atoms with E-state index in [0.29, 0.717) is 21.9 Å². The molecule has 0 heterocycles. The number of rotatable bonds is 5. The first-order valence-corrected chi connectivity index (χ1v) is 8.56. The second-order valence-electron chi connectivity index (χ2n) is 5.65. The summed E-state index contributed by atoms with van der Waals surface area (Å²) in [6.45, 7) is 0. The summed E-state index contributed by atoms with van der Waals surface area (Å²) in [6, 6.07) is 18.5. The van der Waals surface area contributed by atoms with E-state index in [2.05, 4.69) is 10.5 Å². The molecule has 5 nitrogen and oxygen atoms in total. The molecule has 0 atom stereocenters. The Hall–Kier alpha value is -3.51. The molecule has 0 bridgehead atoms. The fraction of sp³-hybridized carbons (Fsp3) is 0. The average molecular weight is 397 g/mol. The molecule has 0 fully saturated rings. The van der Waals surface area contributed by atoms with Crippen LogP contribution in [0.4, 0.5) is 4.39 Å². The van der Waals surface area contributed by atoms with Gasteiger partial charge in [0.05, 0.1) is 17.3 Å². The summed E-state index contributed by atoms with van der Waals surface area (Å²) < 4.78 is 18.9. The van der Waals surface area contributed by atoms with E-state index in [1.807, 2.05) is 0 Å². The quantitative estimate of drug-likeness (QED) is 0.299. The summed E-state index contributed by atoms with van der Waals surface area (Å²) in [6.07, 6.45) is 1.36. The number of hydrazone groups is 1. The second-order valence-corrected chi connectivity index (χ2v) is 6.08. The third kappa shape index (κ3) is 5.02. The van der Waals surface area contributed by atoms with Crippen molar-refractivity contribution in [3.8, 4) is 5.75 Å². The summed E-state index contributed by atoms with van der Waals surface area (Å²) in [5.74, 6) is -1.52. The maximum atomic E-state index is 13.6. The highest BCUT2D eigenvalue weighted by atomic mass is 35.5. The van der Waals surface area contributed by atoms with Gasteiger partial charge in [0.25, 0.3) is 5.91 Å². The number of carbonyl (C=O) groups is 2. The molecule has 0 aliphatic carbocycles. The van der Waals surface area contributed by atoms with Gasteiger partial charge in [-0.2, -0.15) is 5.10 Å². The summed E-state index contributed by atoms with van der Waals surface area (Å²) in [5.41, 5.74) is 3.08. The van der Waals surface area contributed by atoms with Gasteiger partial charge in [0, 0.05) is 5.02 Å². The van der Waals surface area contributed by atoms with Gasteiger partial charge in [-0.1, -0.05) is 35.9 Å². The van der Waals surface area contributed by atoms with Gasteiger partial charge in [0.1, 0.15) is 11.6 Å². The minimum atomic E-state index is -0.667. The minimum Gasteiger partial charge on any atom is -0.423 e. The summed E-state index contributed by atoms with van der Waals surface area (Å²) in [5, 5.41) is 4.32. The van der Waals surface area contributed by atoms with Crippen molar-refractivity contribution >= 4 is 29.7 Å². The molecule has 0 aliphatic heterocycles. The molecule has 0 radical (unpaired) electrons. The Labute approximate surface area is 165 Å². The first-order chi connectivity index (χ1) is 13.5. The Morgan fingerprint density at radius 3 is 2.50 bits per heavy atom. The fourth-order valence-electron chi connectivity index (χ4n) is 2.28.